The van der Waals surface area contributed by atoms with Crippen molar-refractivity contribution in [1.82, 2.24) is 0 Å². The van der Waals surface area contributed by atoms with Crippen molar-refractivity contribution < 1.29 is 13.0 Å². The normalized spacial score (nSPS) is 12.6. The standard InChI is InChI=1S/C30H39S.C7H8O3S/c1-28(2,3)22-10-16-25(17-11-22)31(26-18-12-23(13-19-26)29(4,5)6)27-20-14-24(15-21-27)30(7,8)9;1-6-2-4-7(5-3-6)11(8,9)10/h10-21H,1-9H3;2-5H,1H3,(H,8,9,10)/q+1;/p-1. The van der Waals surface area contributed by atoms with Crippen LogP contribution in [0, 0.1) is 6.92 Å². The second-order valence-electron chi connectivity index (χ2n) is 13.9. The summed E-state index contributed by atoms with van der Waals surface area (Å²) in [7, 11) is -4.39. The highest BCUT2D eigenvalue weighted by Crippen LogP contribution is 2.35. The van der Waals surface area contributed by atoms with Gasteiger partial charge in [0.25, 0.3) is 0 Å². The Labute approximate surface area is 257 Å². The van der Waals surface area contributed by atoms with Gasteiger partial charge in [0.1, 0.15) is 10.1 Å². The minimum atomic E-state index is -4.27. The van der Waals surface area contributed by atoms with E-state index in [-0.39, 0.29) is 32.0 Å². The largest absolute Gasteiger partial charge is 0.744 e. The van der Waals surface area contributed by atoms with Crippen molar-refractivity contribution in [3.05, 3.63) is 119 Å². The van der Waals surface area contributed by atoms with Gasteiger partial charge >= 0.3 is 0 Å². The Morgan fingerprint density at radius 3 is 0.952 bits per heavy atom. The van der Waals surface area contributed by atoms with Crippen LogP contribution in [0.2, 0.25) is 0 Å². The van der Waals surface area contributed by atoms with Crippen molar-refractivity contribution in [2.45, 2.75) is 105 Å². The summed E-state index contributed by atoms with van der Waals surface area (Å²) in [6.07, 6.45) is 0. The SMILES string of the molecule is CC(C)(C)c1ccc([S+](c2ccc(C(C)(C)C)cc2)c2ccc(C(C)(C)C)cc2)cc1.Cc1ccc(S(=O)(=O)[O-])cc1. The van der Waals surface area contributed by atoms with Gasteiger partial charge in [-0.1, -0.05) is 116 Å². The second kappa shape index (κ2) is 12.8. The quantitative estimate of drug-likeness (QED) is 0.173. The lowest BCUT2D eigenvalue weighted by atomic mass is 9.87. The van der Waals surface area contributed by atoms with E-state index in [9.17, 15) is 13.0 Å². The Balaban J connectivity index is 0.000000369. The molecule has 0 aromatic heterocycles. The summed E-state index contributed by atoms with van der Waals surface area (Å²) in [5.74, 6) is 0. The van der Waals surface area contributed by atoms with E-state index in [2.05, 4.69) is 135 Å². The van der Waals surface area contributed by atoms with Crippen molar-refractivity contribution in [2.24, 2.45) is 0 Å². The highest BCUT2D eigenvalue weighted by atomic mass is 32.2. The van der Waals surface area contributed by atoms with Crippen LogP contribution in [0.4, 0.5) is 0 Å². The lowest BCUT2D eigenvalue weighted by molar-refractivity contribution is 0.463. The fourth-order valence-electron chi connectivity index (χ4n) is 4.39. The van der Waals surface area contributed by atoms with Crippen LogP contribution in [0.25, 0.3) is 0 Å². The van der Waals surface area contributed by atoms with E-state index in [0.29, 0.717) is 0 Å². The third-order valence-corrected chi connectivity index (χ3v) is 10.3. The van der Waals surface area contributed by atoms with Gasteiger partial charge in [0, 0.05) is 0 Å². The smallest absolute Gasteiger partial charge is 0.166 e. The highest BCUT2D eigenvalue weighted by molar-refractivity contribution is 7.97. The Morgan fingerprint density at radius 1 is 0.476 bits per heavy atom. The molecule has 0 heterocycles. The van der Waals surface area contributed by atoms with Crippen LogP contribution in [-0.4, -0.2) is 13.0 Å². The van der Waals surface area contributed by atoms with Crippen LogP contribution in [0.3, 0.4) is 0 Å². The zero-order chi connectivity index (χ0) is 31.5. The average molecular weight is 603 g/mol. The first-order valence-electron chi connectivity index (χ1n) is 14.4. The van der Waals surface area contributed by atoms with Crippen molar-refractivity contribution in [2.75, 3.05) is 0 Å². The van der Waals surface area contributed by atoms with Gasteiger partial charge in [-0.3, -0.25) is 0 Å². The number of aryl methyl sites for hydroxylation is 1. The molecule has 0 aliphatic rings. The molecule has 0 radical (unpaired) electrons. The highest BCUT2D eigenvalue weighted by Gasteiger charge is 2.30. The maximum atomic E-state index is 10.4. The monoisotopic (exact) mass is 602 g/mol. The second-order valence-corrected chi connectivity index (χ2v) is 17.3. The van der Waals surface area contributed by atoms with Crippen LogP contribution in [0.15, 0.2) is 117 Å². The van der Waals surface area contributed by atoms with Crippen molar-refractivity contribution in [3.8, 4) is 0 Å². The first-order chi connectivity index (χ1) is 19.3. The van der Waals surface area contributed by atoms with Gasteiger partial charge in [0.15, 0.2) is 14.7 Å². The Bertz CT molecular complexity index is 1410. The molecule has 0 N–H and O–H groups in total. The first-order valence-corrected chi connectivity index (χ1v) is 17.0. The molecule has 42 heavy (non-hydrogen) atoms. The van der Waals surface area contributed by atoms with Crippen LogP contribution in [0.1, 0.15) is 84.6 Å². The minimum absolute atomic E-state index is 0.120. The van der Waals surface area contributed by atoms with E-state index in [4.69, 9.17) is 0 Å². The minimum Gasteiger partial charge on any atom is -0.744 e. The summed E-state index contributed by atoms with van der Waals surface area (Å²) in [6.45, 7) is 22.3. The molecule has 224 valence electrons. The molecule has 5 heteroatoms. The molecular weight excluding hydrogens is 557 g/mol. The maximum Gasteiger partial charge on any atom is 0.166 e. The molecule has 0 bridgehead atoms. The lowest BCUT2D eigenvalue weighted by Gasteiger charge is -2.21. The molecule has 3 nitrogen and oxygen atoms in total. The van der Waals surface area contributed by atoms with E-state index in [1.165, 1.54) is 43.5 Å². The molecular formula is C37H46O3S2. The summed E-state index contributed by atoms with van der Waals surface area (Å²) in [6, 6.07) is 33.6. The summed E-state index contributed by atoms with van der Waals surface area (Å²) >= 11 is 0. The summed E-state index contributed by atoms with van der Waals surface area (Å²) < 4.78 is 31.2. The maximum absolute atomic E-state index is 10.4. The summed E-state index contributed by atoms with van der Waals surface area (Å²) in [5, 5.41) is 0. The predicted octanol–water partition coefficient (Wildman–Crippen LogP) is 9.57. The number of rotatable bonds is 4. The summed E-state index contributed by atoms with van der Waals surface area (Å²) in [5.41, 5.74) is 5.57. The van der Waals surface area contributed by atoms with Gasteiger partial charge in [0.2, 0.25) is 0 Å². The fraction of sp³-hybridized carbons (Fsp3) is 0.351. The van der Waals surface area contributed by atoms with Gasteiger partial charge < -0.3 is 4.55 Å². The average Bonchev–Trinajstić information content (AvgIpc) is 2.88. The van der Waals surface area contributed by atoms with Crippen molar-refractivity contribution in [3.63, 3.8) is 0 Å². The molecule has 4 rings (SSSR count). The van der Waals surface area contributed by atoms with Gasteiger partial charge in [0.05, 0.1) is 15.8 Å². The van der Waals surface area contributed by atoms with E-state index in [1.54, 1.807) is 12.1 Å². The van der Waals surface area contributed by atoms with Gasteiger partial charge in [-0.05, 0) is 88.4 Å². The van der Waals surface area contributed by atoms with Crippen LogP contribution in [-0.2, 0) is 37.3 Å². The lowest BCUT2D eigenvalue weighted by Crippen LogP contribution is -2.13. The molecule has 0 amide bonds. The van der Waals surface area contributed by atoms with Crippen LogP contribution in [0.5, 0.6) is 0 Å². The molecule has 0 unspecified atom stereocenters. The molecule has 0 aliphatic carbocycles. The molecule has 4 aromatic carbocycles. The molecule has 0 fully saturated rings. The third-order valence-electron chi connectivity index (χ3n) is 7.18. The van der Waals surface area contributed by atoms with Crippen LogP contribution >= 0.6 is 0 Å². The fourth-order valence-corrected chi connectivity index (χ4v) is 6.90. The molecule has 4 aromatic rings. The van der Waals surface area contributed by atoms with E-state index in [1.807, 2.05) is 6.92 Å². The Morgan fingerprint density at radius 2 is 0.738 bits per heavy atom. The molecule has 0 atom stereocenters. The number of hydrogen-bond donors (Lipinski definition) is 0. The Kier molecular flexibility index (Phi) is 10.2. The molecule has 0 aliphatic heterocycles. The molecule has 0 saturated heterocycles. The number of benzene rings is 4. The van der Waals surface area contributed by atoms with E-state index < -0.39 is 10.1 Å². The number of hydrogen-bond acceptors (Lipinski definition) is 3. The topological polar surface area (TPSA) is 57.2 Å². The predicted molar refractivity (Wildman–Crippen MR) is 177 cm³/mol. The van der Waals surface area contributed by atoms with E-state index >= 15 is 0 Å². The Hall–Kier alpha value is -2.86. The van der Waals surface area contributed by atoms with E-state index in [0.717, 1.165) is 5.56 Å². The third kappa shape index (κ3) is 9.07. The van der Waals surface area contributed by atoms with Crippen LogP contribution < -0.4 is 0 Å². The molecule has 0 spiro atoms. The van der Waals surface area contributed by atoms with Gasteiger partial charge in [-0.2, -0.15) is 0 Å². The zero-order valence-electron chi connectivity index (χ0n) is 26.8. The van der Waals surface area contributed by atoms with Gasteiger partial charge in [-0.25, -0.2) is 8.42 Å². The molecule has 0 saturated carbocycles. The zero-order valence-corrected chi connectivity index (χ0v) is 28.4. The van der Waals surface area contributed by atoms with Gasteiger partial charge in [-0.15, -0.1) is 0 Å². The van der Waals surface area contributed by atoms with Crippen molar-refractivity contribution >= 4 is 21.0 Å². The summed E-state index contributed by atoms with van der Waals surface area (Å²) in [4.78, 5) is 3.95. The van der Waals surface area contributed by atoms with Crippen molar-refractivity contribution in [1.29, 1.82) is 0 Å². The first kappa shape index (κ1) is 33.6.